The molecule has 0 aromatic rings. The lowest BCUT2D eigenvalue weighted by molar-refractivity contribution is 0.151. The Bertz CT molecular complexity index is 1020. The molecule has 0 saturated carbocycles. The first-order valence-electron chi connectivity index (χ1n) is 13.7. The van der Waals surface area contributed by atoms with Crippen molar-refractivity contribution in [2.75, 3.05) is 78.0 Å². The Kier molecular flexibility index (Phi) is 13.4. The molecule has 0 atom stereocenters. The average molecular weight is 583 g/mol. The topological polar surface area (TPSA) is 136 Å². The number of allylic oxidation sites excluding steroid dienone is 2. The molecule has 0 spiro atoms. The van der Waals surface area contributed by atoms with E-state index < -0.39 is 16.0 Å². The number of hydrogen-bond donors (Lipinski definition) is 4. The van der Waals surface area contributed by atoms with E-state index in [1.54, 1.807) is 0 Å². The largest absolute Gasteiger partial charge is 0.349 e. The summed E-state index contributed by atoms with van der Waals surface area (Å²) in [5.74, 6) is 2.64. The van der Waals surface area contributed by atoms with Gasteiger partial charge in [0, 0.05) is 77.6 Å². The van der Waals surface area contributed by atoms with Gasteiger partial charge in [0.2, 0.25) is 0 Å². The van der Waals surface area contributed by atoms with Gasteiger partial charge in [-0.25, -0.2) is 4.99 Å². The first-order chi connectivity index (χ1) is 18.6. The Hall–Kier alpha value is -1.28. The number of aliphatic imine (C=N–C) groups is 2. The molecule has 3 rings (SSSR count). The van der Waals surface area contributed by atoms with E-state index in [1.165, 1.54) is 5.71 Å². The van der Waals surface area contributed by atoms with Crippen LogP contribution >= 0.6 is 16.0 Å². The molecule has 4 N–H and O–H groups in total. The van der Waals surface area contributed by atoms with Crippen LogP contribution in [0, 0.1) is 12.3 Å². The minimum absolute atomic E-state index is 0.213. The second-order valence-corrected chi connectivity index (χ2v) is 13.0. The third-order valence-electron chi connectivity index (χ3n) is 7.14. The molecule has 0 aliphatic carbocycles. The molecule has 13 heteroatoms. The van der Waals surface area contributed by atoms with Crippen LogP contribution in [0.1, 0.15) is 39.0 Å². The van der Waals surface area contributed by atoms with Crippen molar-refractivity contribution < 1.29 is 24.1 Å². The van der Waals surface area contributed by atoms with Gasteiger partial charge in [-0.1, -0.05) is 25.0 Å². The Morgan fingerprint density at radius 3 is 1.90 bits per heavy atom. The quantitative estimate of drug-likeness (QED) is 0.237. The number of hydrogen-bond acceptors (Lipinski definition) is 9. The van der Waals surface area contributed by atoms with Crippen molar-refractivity contribution >= 4 is 27.4 Å². The third-order valence-corrected chi connectivity index (χ3v) is 8.56. The van der Waals surface area contributed by atoms with E-state index in [2.05, 4.69) is 44.7 Å². The summed E-state index contributed by atoms with van der Waals surface area (Å²) in [5, 5.41) is 0. The van der Waals surface area contributed by atoms with Crippen molar-refractivity contribution in [3.8, 4) is 12.3 Å². The second-order valence-electron chi connectivity index (χ2n) is 10.3. The lowest BCUT2D eigenvalue weighted by atomic mass is 10.1. The Balaban J connectivity index is 1.76. The highest BCUT2D eigenvalue weighted by molar-refractivity contribution is 7.51. The first kappa shape index (κ1) is 32.2. The highest BCUT2D eigenvalue weighted by Gasteiger charge is 2.23. The summed E-state index contributed by atoms with van der Waals surface area (Å²) in [6.45, 7) is 8.17. The maximum Gasteiger partial charge on any atom is 0.339 e. The molecule has 0 amide bonds. The molecule has 0 bridgehead atoms. The maximum atomic E-state index is 12.0. The predicted molar refractivity (Wildman–Crippen MR) is 158 cm³/mol. The zero-order valence-corrected chi connectivity index (χ0v) is 24.8. The van der Waals surface area contributed by atoms with Crippen LogP contribution in [-0.2, 0) is 4.57 Å². The van der Waals surface area contributed by atoms with E-state index in [1.807, 2.05) is 4.90 Å². The van der Waals surface area contributed by atoms with E-state index >= 15 is 0 Å². The molecule has 218 valence electrons. The zero-order chi connectivity index (χ0) is 28.3. The summed E-state index contributed by atoms with van der Waals surface area (Å²) in [6.07, 6.45) is 14.3. The molecule has 3 aliphatic heterocycles. The van der Waals surface area contributed by atoms with Gasteiger partial charge in [-0.05, 0) is 25.7 Å². The molecule has 39 heavy (non-hydrogen) atoms. The fourth-order valence-corrected chi connectivity index (χ4v) is 6.44. The molecule has 0 aromatic heterocycles. The van der Waals surface area contributed by atoms with Crippen molar-refractivity contribution in [2.24, 2.45) is 9.98 Å². The lowest BCUT2D eigenvalue weighted by Gasteiger charge is -2.34. The fourth-order valence-electron chi connectivity index (χ4n) is 5.00. The lowest BCUT2D eigenvalue weighted by Crippen LogP contribution is -2.46. The minimum atomic E-state index is -4.23. The van der Waals surface area contributed by atoms with Crippen LogP contribution in [-0.4, -0.2) is 129 Å². The van der Waals surface area contributed by atoms with Gasteiger partial charge in [0.1, 0.15) is 6.29 Å². The van der Waals surface area contributed by atoms with Crippen molar-refractivity contribution in [1.82, 2.24) is 19.6 Å². The highest BCUT2D eigenvalue weighted by atomic mass is 31.2. The third kappa shape index (κ3) is 12.4. The van der Waals surface area contributed by atoms with E-state index in [4.69, 9.17) is 11.4 Å². The Labute approximate surface area is 234 Å². The number of terminal acetylenes is 1. The summed E-state index contributed by atoms with van der Waals surface area (Å²) < 4.78 is 12.0. The molecule has 0 aromatic carbocycles. The second kappa shape index (κ2) is 16.2. The molecule has 11 nitrogen and oxygen atoms in total. The zero-order valence-electron chi connectivity index (χ0n) is 23.0. The Morgan fingerprint density at radius 1 is 0.872 bits per heavy atom. The normalized spacial score (nSPS) is 22.3. The van der Waals surface area contributed by atoms with Gasteiger partial charge in [0.15, 0.2) is 8.38 Å². The summed E-state index contributed by atoms with van der Waals surface area (Å²) in [6, 6.07) is 0. The van der Waals surface area contributed by atoms with Crippen molar-refractivity contribution in [3.63, 3.8) is 0 Å². The number of nitrogens with zero attached hydrogens (tertiary/aromatic N) is 6. The number of rotatable bonds is 9. The van der Waals surface area contributed by atoms with Gasteiger partial charge >= 0.3 is 7.60 Å². The average Bonchev–Trinajstić information content (AvgIpc) is 2.89. The van der Waals surface area contributed by atoms with Crippen LogP contribution in [0.15, 0.2) is 33.5 Å². The summed E-state index contributed by atoms with van der Waals surface area (Å²) in [4.78, 5) is 56.9. The Morgan fingerprint density at radius 2 is 1.38 bits per heavy atom. The van der Waals surface area contributed by atoms with E-state index in [9.17, 15) is 24.1 Å². The first-order valence-corrected chi connectivity index (χ1v) is 16.9. The van der Waals surface area contributed by atoms with Crippen LogP contribution in [0.3, 0.4) is 0 Å². The summed E-state index contributed by atoms with van der Waals surface area (Å²) in [5.41, 5.74) is 3.87. The standard InChI is InChI=1S/C26H44N6O5P2/c1-3-23-7-5-9-25(27-23)19-29-11-15-31(21-38(33)34)16-12-30(20-26-10-6-8-24(4-2)28-26)14-18-32(17-13-29)22-39(35,36)37/h1,9-10,33-34H,4-8,11-22H2,2H3,(H2,35,36,37). The van der Waals surface area contributed by atoms with Gasteiger partial charge in [-0.2, -0.15) is 0 Å². The van der Waals surface area contributed by atoms with Crippen LogP contribution < -0.4 is 0 Å². The van der Waals surface area contributed by atoms with Crippen molar-refractivity contribution in [2.45, 2.75) is 39.0 Å². The summed E-state index contributed by atoms with van der Waals surface area (Å²) >= 11 is 0. The molecule has 1 saturated heterocycles. The van der Waals surface area contributed by atoms with Crippen LogP contribution in [0.5, 0.6) is 0 Å². The maximum absolute atomic E-state index is 12.0. The molecule has 1 fully saturated rings. The smallest absolute Gasteiger partial charge is 0.339 e. The fraction of sp³-hybridized carbons (Fsp3) is 0.692. The van der Waals surface area contributed by atoms with Crippen LogP contribution in [0.2, 0.25) is 0 Å². The van der Waals surface area contributed by atoms with Gasteiger partial charge in [0.05, 0.1) is 23.4 Å². The van der Waals surface area contributed by atoms with Gasteiger partial charge in [-0.3, -0.25) is 29.2 Å². The van der Waals surface area contributed by atoms with Crippen molar-refractivity contribution in [1.29, 1.82) is 0 Å². The highest BCUT2D eigenvalue weighted by Crippen LogP contribution is 2.35. The van der Waals surface area contributed by atoms with Gasteiger partial charge in [0.25, 0.3) is 0 Å². The van der Waals surface area contributed by atoms with E-state index in [0.717, 1.165) is 49.2 Å². The van der Waals surface area contributed by atoms with Crippen LogP contribution in [0.4, 0.5) is 0 Å². The van der Waals surface area contributed by atoms with Gasteiger partial charge < -0.3 is 19.6 Å². The molecule has 0 radical (unpaired) electrons. The van der Waals surface area contributed by atoms with E-state index in [0.29, 0.717) is 65.4 Å². The molecule has 3 aliphatic rings. The van der Waals surface area contributed by atoms with Gasteiger partial charge in [-0.15, -0.1) is 6.42 Å². The molecule has 3 heterocycles. The minimum Gasteiger partial charge on any atom is -0.349 e. The van der Waals surface area contributed by atoms with Crippen molar-refractivity contribution in [3.05, 3.63) is 23.5 Å². The van der Waals surface area contributed by atoms with Crippen LogP contribution in [0.25, 0.3) is 0 Å². The summed E-state index contributed by atoms with van der Waals surface area (Å²) in [7, 11) is -6.30. The molecule has 0 unspecified atom stereocenters. The monoisotopic (exact) mass is 582 g/mol. The molecular formula is C26H44N6O5P2. The molecular weight excluding hydrogens is 538 g/mol. The van der Waals surface area contributed by atoms with E-state index in [-0.39, 0.29) is 12.6 Å². The SMILES string of the molecule is C#CC1=NC(CN2CCN(CP(O)O)CCN(CC3=CCCC(CC)=N3)CCN(CP(=O)(O)O)CC2)=CCC1. The predicted octanol–water partition coefficient (Wildman–Crippen LogP) is 1.88.